The lowest BCUT2D eigenvalue weighted by Crippen LogP contribution is -2.41. The normalized spacial score (nSPS) is 19.8. The molecule has 1 aliphatic heterocycles. The Hall–Kier alpha value is -2.22. The summed E-state index contributed by atoms with van der Waals surface area (Å²) in [5, 5.41) is 9.14. The second-order valence-corrected chi connectivity index (χ2v) is 6.48. The Morgan fingerprint density at radius 3 is 2.42 bits per heavy atom. The third-order valence-corrected chi connectivity index (χ3v) is 4.43. The van der Waals surface area contributed by atoms with Crippen LogP contribution in [0.5, 0.6) is 11.5 Å². The first-order valence-electron chi connectivity index (χ1n) is 7.37. The number of benzene rings is 1. The molecule has 7 nitrogen and oxygen atoms in total. The van der Waals surface area contributed by atoms with E-state index in [1.165, 1.54) is 11.8 Å². The smallest absolute Gasteiger partial charge is 0.326 e. The van der Waals surface area contributed by atoms with E-state index in [1.807, 2.05) is 0 Å². The van der Waals surface area contributed by atoms with E-state index in [0.717, 1.165) is 11.8 Å². The second-order valence-electron chi connectivity index (χ2n) is 5.33. The van der Waals surface area contributed by atoms with Crippen LogP contribution >= 0.6 is 11.8 Å². The summed E-state index contributed by atoms with van der Waals surface area (Å²) < 4.78 is 10.8. The molecule has 0 aliphatic carbocycles. The summed E-state index contributed by atoms with van der Waals surface area (Å²) in [7, 11) is 1.56. The Balaban J connectivity index is 2.01. The van der Waals surface area contributed by atoms with Gasteiger partial charge >= 0.3 is 5.97 Å². The molecule has 0 saturated carbocycles. The van der Waals surface area contributed by atoms with Crippen molar-refractivity contribution in [2.45, 2.75) is 25.5 Å². The number of carboxylic acid groups (broad SMARTS) is 1. The summed E-state index contributed by atoms with van der Waals surface area (Å²) in [5.41, 5.74) is 0. The average Bonchev–Trinajstić information content (AvgIpc) is 2.97. The summed E-state index contributed by atoms with van der Waals surface area (Å²) in [4.78, 5) is 35.8. The molecule has 0 aromatic heterocycles. The number of aliphatic carboxylic acids is 1. The maximum atomic E-state index is 12.2. The maximum absolute atomic E-state index is 12.2. The Bertz CT molecular complexity index is 617. The number of methoxy groups -OCH3 is 1. The minimum atomic E-state index is -1.07. The van der Waals surface area contributed by atoms with Gasteiger partial charge in [-0.1, -0.05) is 11.8 Å². The van der Waals surface area contributed by atoms with Crippen LogP contribution in [0.4, 0.5) is 0 Å². The number of carbonyl (C=O) groups is 3. The number of likely N-dealkylation sites (tertiary alicyclic amines) is 1. The second kappa shape index (κ2) is 8.05. The largest absolute Gasteiger partial charge is 0.497 e. The highest BCUT2D eigenvalue weighted by atomic mass is 32.2. The molecule has 1 unspecified atom stereocenters. The molecule has 2 atom stereocenters. The molecule has 1 saturated heterocycles. The van der Waals surface area contributed by atoms with Crippen molar-refractivity contribution in [3.05, 3.63) is 24.3 Å². The third kappa shape index (κ3) is 4.64. The van der Waals surface area contributed by atoms with Gasteiger partial charge in [0.05, 0.1) is 19.4 Å². The molecular formula is C16H19NO6S. The summed E-state index contributed by atoms with van der Waals surface area (Å²) in [6.07, 6.45) is -0.205. The Kier molecular flexibility index (Phi) is 6.08. The maximum Gasteiger partial charge on any atom is 0.326 e. The zero-order valence-electron chi connectivity index (χ0n) is 13.4. The highest BCUT2D eigenvalue weighted by Gasteiger charge is 2.40. The molecule has 1 amide bonds. The van der Waals surface area contributed by atoms with Crippen LogP contribution in [0, 0.1) is 0 Å². The Labute approximate surface area is 143 Å². The first kappa shape index (κ1) is 18.1. The van der Waals surface area contributed by atoms with Gasteiger partial charge in [0.2, 0.25) is 5.91 Å². The lowest BCUT2D eigenvalue weighted by molar-refractivity contribution is -0.147. The monoisotopic (exact) mass is 353 g/mol. The molecule has 1 aliphatic rings. The molecule has 8 heteroatoms. The summed E-state index contributed by atoms with van der Waals surface area (Å²) >= 11 is 0.872. The molecule has 24 heavy (non-hydrogen) atoms. The lowest BCUT2D eigenvalue weighted by Gasteiger charge is -2.20. The van der Waals surface area contributed by atoms with Crippen molar-refractivity contribution in [1.82, 2.24) is 4.90 Å². The molecule has 0 spiro atoms. The first-order valence-corrected chi connectivity index (χ1v) is 8.35. The Morgan fingerprint density at radius 2 is 1.88 bits per heavy atom. The standard InChI is InChI=1S/C16H19NO6S/c1-10(18)24-9-15(19)17-8-13(7-14(17)16(20)21)23-12-5-3-11(22-2)4-6-12/h3-6,13-14H,7-9H2,1-2H3,(H,20,21)/t13?,14-/m0/s1. The summed E-state index contributed by atoms with van der Waals surface area (Å²) in [5.74, 6) is -0.234. The molecule has 1 aromatic rings. The predicted octanol–water partition coefficient (Wildman–Crippen LogP) is 1.41. The van der Waals surface area contributed by atoms with Crippen LogP contribution in [-0.2, 0) is 14.4 Å². The fraction of sp³-hybridized carbons (Fsp3) is 0.438. The number of carboxylic acids is 1. The zero-order chi connectivity index (χ0) is 17.7. The van der Waals surface area contributed by atoms with Gasteiger partial charge in [0, 0.05) is 13.3 Å². The number of carbonyl (C=O) groups excluding carboxylic acids is 2. The van der Waals surface area contributed by atoms with E-state index in [2.05, 4.69) is 0 Å². The SMILES string of the molecule is COc1ccc(OC2C[C@@H](C(=O)O)N(C(=O)CSC(C)=O)C2)cc1. The van der Waals surface area contributed by atoms with Crippen molar-refractivity contribution < 1.29 is 29.0 Å². The van der Waals surface area contributed by atoms with Gasteiger partial charge in [0.25, 0.3) is 0 Å². The minimum absolute atomic E-state index is 0.0611. The molecule has 0 bridgehead atoms. The van der Waals surface area contributed by atoms with E-state index in [4.69, 9.17) is 9.47 Å². The quantitative estimate of drug-likeness (QED) is 0.826. The van der Waals surface area contributed by atoms with Crippen LogP contribution in [0.2, 0.25) is 0 Å². The first-order chi connectivity index (χ1) is 11.4. The molecular weight excluding hydrogens is 334 g/mol. The van der Waals surface area contributed by atoms with Crippen LogP contribution in [0.3, 0.4) is 0 Å². The van der Waals surface area contributed by atoms with E-state index < -0.39 is 18.1 Å². The van der Waals surface area contributed by atoms with Crippen molar-refractivity contribution in [3.63, 3.8) is 0 Å². The van der Waals surface area contributed by atoms with E-state index in [-0.39, 0.29) is 29.7 Å². The lowest BCUT2D eigenvalue weighted by atomic mass is 10.2. The number of hydrogen-bond donors (Lipinski definition) is 1. The number of thioether (sulfide) groups is 1. The van der Waals surface area contributed by atoms with E-state index in [0.29, 0.717) is 11.5 Å². The fourth-order valence-corrected chi connectivity index (χ4v) is 2.98. The summed E-state index contributed by atoms with van der Waals surface area (Å²) in [6, 6.07) is 6.00. The minimum Gasteiger partial charge on any atom is -0.497 e. The van der Waals surface area contributed by atoms with Crippen molar-refractivity contribution in [1.29, 1.82) is 0 Å². The number of amides is 1. The molecule has 130 valence electrons. The Morgan fingerprint density at radius 1 is 1.25 bits per heavy atom. The zero-order valence-corrected chi connectivity index (χ0v) is 14.2. The van der Waals surface area contributed by atoms with Gasteiger partial charge in [-0.2, -0.15) is 0 Å². The van der Waals surface area contributed by atoms with Crippen molar-refractivity contribution in [2.24, 2.45) is 0 Å². The van der Waals surface area contributed by atoms with E-state index in [1.54, 1.807) is 31.4 Å². The molecule has 2 rings (SSSR count). The summed E-state index contributed by atoms with van der Waals surface area (Å²) in [6.45, 7) is 1.55. The highest BCUT2D eigenvalue weighted by Crippen LogP contribution is 2.25. The van der Waals surface area contributed by atoms with Crippen LogP contribution < -0.4 is 9.47 Å². The van der Waals surface area contributed by atoms with Gasteiger partial charge < -0.3 is 19.5 Å². The van der Waals surface area contributed by atoms with Gasteiger partial charge in [-0.3, -0.25) is 9.59 Å². The molecule has 1 fully saturated rings. The molecule has 1 heterocycles. The van der Waals surface area contributed by atoms with Gasteiger partial charge in [-0.15, -0.1) is 0 Å². The topological polar surface area (TPSA) is 93.1 Å². The predicted molar refractivity (Wildman–Crippen MR) is 88.3 cm³/mol. The molecule has 0 radical (unpaired) electrons. The van der Waals surface area contributed by atoms with E-state index >= 15 is 0 Å². The number of ether oxygens (including phenoxy) is 2. The third-order valence-electron chi connectivity index (χ3n) is 3.63. The van der Waals surface area contributed by atoms with Gasteiger partial charge in [0.15, 0.2) is 5.12 Å². The highest BCUT2D eigenvalue weighted by molar-refractivity contribution is 8.14. The van der Waals surface area contributed by atoms with Crippen LogP contribution in [0.25, 0.3) is 0 Å². The van der Waals surface area contributed by atoms with Gasteiger partial charge in [-0.25, -0.2) is 4.79 Å². The van der Waals surface area contributed by atoms with Crippen molar-refractivity contribution in [2.75, 3.05) is 19.4 Å². The number of rotatable bonds is 6. The van der Waals surface area contributed by atoms with Gasteiger partial charge in [0.1, 0.15) is 23.6 Å². The van der Waals surface area contributed by atoms with Crippen LogP contribution in [0.15, 0.2) is 24.3 Å². The number of hydrogen-bond acceptors (Lipinski definition) is 6. The van der Waals surface area contributed by atoms with Gasteiger partial charge in [-0.05, 0) is 24.3 Å². The molecule has 1 aromatic carbocycles. The number of nitrogens with zero attached hydrogens (tertiary/aromatic N) is 1. The van der Waals surface area contributed by atoms with Crippen molar-refractivity contribution in [3.8, 4) is 11.5 Å². The van der Waals surface area contributed by atoms with Crippen LogP contribution in [-0.4, -0.2) is 58.6 Å². The fourth-order valence-electron chi connectivity index (χ4n) is 2.49. The van der Waals surface area contributed by atoms with Crippen LogP contribution in [0.1, 0.15) is 13.3 Å². The van der Waals surface area contributed by atoms with Crippen molar-refractivity contribution >= 4 is 28.8 Å². The molecule has 1 N–H and O–H groups in total. The van der Waals surface area contributed by atoms with E-state index in [9.17, 15) is 19.5 Å². The average molecular weight is 353 g/mol.